The van der Waals surface area contributed by atoms with E-state index in [2.05, 4.69) is 16.5 Å². The van der Waals surface area contributed by atoms with E-state index in [0.29, 0.717) is 11.6 Å². The number of rotatable bonds is 6. The summed E-state index contributed by atoms with van der Waals surface area (Å²) in [6.07, 6.45) is 2.30. The molecule has 0 saturated carbocycles. The molecule has 2 aromatic rings. The molecule has 1 atom stereocenters. The molecule has 4 nitrogen and oxygen atoms in total. The van der Waals surface area contributed by atoms with Gasteiger partial charge < -0.3 is 4.90 Å². The number of anilines is 1. The van der Waals surface area contributed by atoms with Gasteiger partial charge in [-0.25, -0.2) is 12.8 Å². The first kappa shape index (κ1) is 20.7. The normalized spacial score (nSPS) is 17.7. The third kappa shape index (κ3) is 4.96. The lowest BCUT2D eigenvalue weighted by atomic mass is 9.98. The molecular formula is C19H24ClFN2O2S. The molecule has 1 fully saturated rings. The zero-order chi connectivity index (χ0) is 17.9. The Morgan fingerprint density at radius 2 is 1.77 bits per heavy atom. The SMILES string of the molecule is CCCN1CC[C@@H](c2ccc(NS(=O)(=O)c3ccc(F)cc3)cc2)C1.Cl. The van der Waals surface area contributed by atoms with E-state index in [1.165, 1.54) is 17.7 Å². The Kier molecular flexibility index (Phi) is 7.03. The van der Waals surface area contributed by atoms with E-state index in [1.807, 2.05) is 12.1 Å². The second-order valence-electron chi connectivity index (χ2n) is 6.47. The number of halogens is 2. The predicted octanol–water partition coefficient (Wildman–Crippen LogP) is 4.25. The van der Waals surface area contributed by atoms with Crippen LogP contribution in [0.2, 0.25) is 0 Å². The van der Waals surface area contributed by atoms with Crippen molar-refractivity contribution in [3.8, 4) is 0 Å². The summed E-state index contributed by atoms with van der Waals surface area (Å²) >= 11 is 0. The van der Waals surface area contributed by atoms with Crippen LogP contribution in [-0.4, -0.2) is 33.0 Å². The molecule has 3 rings (SSSR count). The van der Waals surface area contributed by atoms with Crippen molar-refractivity contribution in [3.05, 3.63) is 59.9 Å². The Balaban J connectivity index is 0.00000243. The highest BCUT2D eigenvalue weighted by Gasteiger charge is 2.23. The average Bonchev–Trinajstić information content (AvgIpc) is 3.05. The van der Waals surface area contributed by atoms with Crippen LogP contribution < -0.4 is 4.72 Å². The van der Waals surface area contributed by atoms with Crippen molar-refractivity contribution >= 4 is 28.1 Å². The summed E-state index contributed by atoms with van der Waals surface area (Å²) in [5.41, 5.74) is 1.75. The topological polar surface area (TPSA) is 49.4 Å². The zero-order valence-electron chi connectivity index (χ0n) is 14.7. The Morgan fingerprint density at radius 1 is 1.12 bits per heavy atom. The summed E-state index contributed by atoms with van der Waals surface area (Å²) in [7, 11) is -3.70. The molecule has 142 valence electrons. The van der Waals surface area contributed by atoms with E-state index in [9.17, 15) is 12.8 Å². The van der Waals surface area contributed by atoms with Gasteiger partial charge in [0.05, 0.1) is 4.90 Å². The van der Waals surface area contributed by atoms with E-state index < -0.39 is 15.8 Å². The van der Waals surface area contributed by atoms with Crippen molar-refractivity contribution in [1.29, 1.82) is 0 Å². The Bertz CT molecular complexity index is 810. The molecule has 0 radical (unpaired) electrons. The highest BCUT2D eigenvalue weighted by atomic mass is 35.5. The van der Waals surface area contributed by atoms with Crippen LogP contribution in [0.1, 0.15) is 31.2 Å². The maximum absolute atomic E-state index is 13.0. The van der Waals surface area contributed by atoms with E-state index >= 15 is 0 Å². The van der Waals surface area contributed by atoms with Crippen molar-refractivity contribution in [2.24, 2.45) is 0 Å². The number of nitrogens with one attached hydrogen (secondary N) is 1. The maximum atomic E-state index is 13.0. The van der Waals surface area contributed by atoms with Crippen LogP contribution in [0, 0.1) is 5.82 Å². The highest BCUT2D eigenvalue weighted by Crippen LogP contribution is 2.28. The third-order valence-corrected chi connectivity index (χ3v) is 5.97. The molecule has 1 heterocycles. The van der Waals surface area contributed by atoms with Gasteiger partial charge in [-0.15, -0.1) is 12.4 Å². The van der Waals surface area contributed by atoms with Crippen LogP contribution in [-0.2, 0) is 10.0 Å². The summed E-state index contributed by atoms with van der Waals surface area (Å²) in [5.74, 6) is 0.0475. The molecule has 1 aliphatic rings. The molecular weight excluding hydrogens is 375 g/mol. The van der Waals surface area contributed by atoms with Crippen molar-refractivity contribution in [2.75, 3.05) is 24.4 Å². The molecule has 1 aliphatic heterocycles. The minimum atomic E-state index is -3.70. The van der Waals surface area contributed by atoms with Crippen LogP contribution in [0.15, 0.2) is 53.4 Å². The minimum absolute atomic E-state index is 0. The first-order valence-corrected chi connectivity index (χ1v) is 10.1. The third-order valence-electron chi connectivity index (χ3n) is 4.57. The van der Waals surface area contributed by atoms with Gasteiger partial charge in [0.2, 0.25) is 0 Å². The monoisotopic (exact) mass is 398 g/mol. The Labute approximate surface area is 160 Å². The van der Waals surface area contributed by atoms with E-state index in [0.717, 1.165) is 44.6 Å². The van der Waals surface area contributed by atoms with Crippen molar-refractivity contribution < 1.29 is 12.8 Å². The molecule has 1 saturated heterocycles. The number of hydrogen-bond acceptors (Lipinski definition) is 3. The summed E-state index contributed by atoms with van der Waals surface area (Å²) in [6, 6.07) is 12.3. The predicted molar refractivity (Wildman–Crippen MR) is 105 cm³/mol. The van der Waals surface area contributed by atoms with Gasteiger partial charge in [0.15, 0.2) is 0 Å². The van der Waals surface area contributed by atoms with Crippen LogP contribution in [0.5, 0.6) is 0 Å². The van der Waals surface area contributed by atoms with Crippen LogP contribution in [0.3, 0.4) is 0 Å². The lowest BCUT2D eigenvalue weighted by Crippen LogP contribution is -2.20. The molecule has 0 amide bonds. The van der Waals surface area contributed by atoms with Gasteiger partial charge in [-0.3, -0.25) is 4.72 Å². The largest absolute Gasteiger partial charge is 0.303 e. The Hall–Kier alpha value is -1.63. The second-order valence-corrected chi connectivity index (χ2v) is 8.15. The van der Waals surface area contributed by atoms with Gasteiger partial charge in [0.25, 0.3) is 10.0 Å². The number of nitrogens with zero attached hydrogens (tertiary/aromatic N) is 1. The first-order chi connectivity index (χ1) is 12.0. The van der Waals surface area contributed by atoms with Gasteiger partial charge in [-0.05, 0) is 73.8 Å². The minimum Gasteiger partial charge on any atom is -0.303 e. The van der Waals surface area contributed by atoms with Gasteiger partial charge in [-0.1, -0.05) is 19.1 Å². The van der Waals surface area contributed by atoms with E-state index in [-0.39, 0.29) is 17.3 Å². The molecule has 1 N–H and O–H groups in total. The lowest BCUT2D eigenvalue weighted by molar-refractivity contribution is 0.335. The smallest absolute Gasteiger partial charge is 0.261 e. The fourth-order valence-electron chi connectivity index (χ4n) is 3.28. The summed E-state index contributed by atoms with van der Waals surface area (Å²) in [6.45, 7) is 5.51. The van der Waals surface area contributed by atoms with Crippen LogP contribution in [0.25, 0.3) is 0 Å². The summed E-state index contributed by atoms with van der Waals surface area (Å²) < 4.78 is 40.1. The average molecular weight is 399 g/mol. The molecule has 0 unspecified atom stereocenters. The van der Waals surface area contributed by atoms with Crippen molar-refractivity contribution in [2.45, 2.75) is 30.6 Å². The van der Waals surface area contributed by atoms with Crippen LogP contribution >= 0.6 is 12.4 Å². The highest BCUT2D eigenvalue weighted by molar-refractivity contribution is 7.92. The molecule has 0 spiro atoms. The zero-order valence-corrected chi connectivity index (χ0v) is 16.3. The fourth-order valence-corrected chi connectivity index (χ4v) is 4.33. The lowest BCUT2D eigenvalue weighted by Gasteiger charge is -2.15. The molecule has 7 heteroatoms. The van der Waals surface area contributed by atoms with Gasteiger partial charge >= 0.3 is 0 Å². The van der Waals surface area contributed by atoms with Gasteiger partial charge in [-0.2, -0.15) is 0 Å². The van der Waals surface area contributed by atoms with Crippen molar-refractivity contribution in [3.63, 3.8) is 0 Å². The summed E-state index contributed by atoms with van der Waals surface area (Å²) in [4.78, 5) is 2.51. The van der Waals surface area contributed by atoms with Crippen molar-refractivity contribution in [1.82, 2.24) is 4.90 Å². The number of sulfonamides is 1. The first-order valence-electron chi connectivity index (χ1n) is 8.58. The van der Waals surface area contributed by atoms with E-state index in [1.54, 1.807) is 12.1 Å². The van der Waals surface area contributed by atoms with Gasteiger partial charge in [0.1, 0.15) is 5.82 Å². The number of hydrogen-bond donors (Lipinski definition) is 1. The molecule has 0 bridgehead atoms. The maximum Gasteiger partial charge on any atom is 0.261 e. The standard InChI is InChI=1S/C19H23FN2O2S.ClH/c1-2-12-22-13-11-16(14-22)15-3-7-18(8-4-15)21-25(23,24)19-9-5-17(20)6-10-19;/h3-10,16,21H,2,11-14H2,1H3;1H/t16-;/m1./s1. The number of benzene rings is 2. The Morgan fingerprint density at radius 3 is 2.38 bits per heavy atom. The second kappa shape index (κ2) is 8.84. The fraction of sp³-hybridized carbons (Fsp3) is 0.368. The number of likely N-dealkylation sites (tertiary alicyclic amines) is 1. The molecule has 2 aromatic carbocycles. The van der Waals surface area contributed by atoms with Crippen LogP contribution in [0.4, 0.5) is 10.1 Å². The molecule has 0 aromatic heterocycles. The molecule has 0 aliphatic carbocycles. The summed E-state index contributed by atoms with van der Waals surface area (Å²) in [5, 5.41) is 0. The van der Waals surface area contributed by atoms with E-state index in [4.69, 9.17) is 0 Å². The molecule has 26 heavy (non-hydrogen) atoms. The quantitative estimate of drug-likeness (QED) is 0.791. The van der Waals surface area contributed by atoms with Gasteiger partial charge in [0, 0.05) is 12.2 Å².